The summed E-state index contributed by atoms with van der Waals surface area (Å²) in [5.41, 5.74) is -0.176. The van der Waals surface area contributed by atoms with Gasteiger partial charge in [-0.1, -0.05) is 17.7 Å². The summed E-state index contributed by atoms with van der Waals surface area (Å²) < 4.78 is 35.1. The van der Waals surface area contributed by atoms with Crippen molar-refractivity contribution in [1.29, 1.82) is 0 Å². The summed E-state index contributed by atoms with van der Waals surface area (Å²) in [6, 6.07) is 3.90. The molecule has 84 valence electrons. The Morgan fingerprint density at radius 3 is 2.60 bits per heavy atom. The van der Waals surface area contributed by atoms with Crippen molar-refractivity contribution in [3.05, 3.63) is 34.6 Å². The van der Waals surface area contributed by atoms with Gasteiger partial charge in [0.2, 0.25) is 0 Å². The van der Waals surface area contributed by atoms with Gasteiger partial charge in [-0.25, -0.2) is 12.8 Å². The molecule has 0 aliphatic carbocycles. The van der Waals surface area contributed by atoms with E-state index >= 15 is 0 Å². The lowest BCUT2D eigenvalue weighted by Crippen LogP contribution is -2.14. The van der Waals surface area contributed by atoms with Gasteiger partial charge in [0.25, 0.3) is 0 Å². The van der Waals surface area contributed by atoms with E-state index in [4.69, 9.17) is 11.6 Å². The zero-order chi connectivity index (χ0) is 11.6. The fourth-order valence-electron chi connectivity index (χ4n) is 1.20. The van der Waals surface area contributed by atoms with Gasteiger partial charge in [-0.15, -0.1) is 0 Å². The molecule has 15 heavy (non-hydrogen) atoms. The van der Waals surface area contributed by atoms with E-state index in [-0.39, 0.29) is 10.6 Å². The summed E-state index contributed by atoms with van der Waals surface area (Å²) in [4.78, 5) is 0. The molecule has 6 heteroatoms. The highest BCUT2D eigenvalue weighted by Crippen LogP contribution is 2.26. The van der Waals surface area contributed by atoms with Gasteiger partial charge in [0.1, 0.15) is 15.7 Å². The summed E-state index contributed by atoms with van der Waals surface area (Å²) in [5, 5.41) is 9.53. The first kappa shape index (κ1) is 12.4. The number of hydrogen-bond acceptors (Lipinski definition) is 3. The molecule has 0 spiro atoms. The second-order valence-corrected chi connectivity index (χ2v) is 5.84. The Kier molecular flexibility index (Phi) is 3.70. The highest BCUT2D eigenvalue weighted by molar-refractivity contribution is 7.90. The monoisotopic (exact) mass is 252 g/mol. The van der Waals surface area contributed by atoms with E-state index in [2.05, 4.69) is 0 Å². The van der Waals surface area contributed by atoms with Crippen LogP contribution < -0.4 is 0 Å². The zero-order valence-electron chi connectivity index (χ0n) is 7.94. The summed E-state index contributed by atoms with van der Waals surface area (Å²) in [6.07, 6.45) is -0.473. The van der Waals surface area contributed by atoms with Gasteiger partial charge in [0.05, 0.1) is 11.9 Å². The second-order valence-electron chi connectivity index (χ2n) is 3.24. The molecule has 0 bridgehead atoms. The van der Waals surface area contributed by atoms with E-state index in [9.17, 15) is 17.9 Å². The van der Waals surface area contributed by atoms with E-state index < -0.39 is 27.5 Å². The van der Waals surface area contributed by atoms with E-state index in [1.165, 1.54) is 12.1 Å². The van der Waals surface area contributed by atoms with Crippen LogP contribution in [0.2, 0.25) is 5.02 Å². The number of aliphatic hydroxyl groups is 1. The Bertz CT molecular complexity index is 438. The van der Waals surface area contributed by atoms with Gasteiger partial charge in [-0.2, -0.15) is 0 Å². The summed E-state index contributed by atoms with van der Waals surface area (Å²) in [7, 11) is -3.38. The molecule has 0 radical (unpaired) electrons. The zero-order valence-corrected chi connectivity index (χ0v) is 9.52. The third kappa shape index (κ3) is 3.44. The molecule has 0 aliphatic rings. The first-order chi connectivity index (χ1) is 6.81. The van der Waals surface area contributed by atoms with Crippen LogP contribution in [-0.4, -0.2) is 25.5 Å². The standard InChI is InChI=1S/C9H10ClFO3S/c1-15(13,14)5-8(12)9-6(10)3-2-4-7(9)11/h2-4,8,12H,5H2,1H3. The predicted octanol–water partition coefficient (Wildman–Crippen LogP) is 1.56. The molecule has 0 saturated carbocycles. The Balaban J connectivity index is 3.06. The van der Waals surface area contributed by atoms with Gasteiger partial charge in [0, 0.05) is 16.8 Å². The fraction of sp³-hybridized carbons (Fsp3) is 0.333. The SMILES string of the molecule is CS(=O)(=O)CC(O)c1c(F)cccc1Cl. The number of rotatable bonds is 3. The van der Waals surface area contributed by atoms with E-state index in [0.717, 1.165) is 12.3 Å². The number of benzene rings is 1. The first-order valence-electron chi connectivity index (χ1n) is 4.11. The van der Waals surface area contributed by atoms with Gasteiger partial charge >= 0.3 is 0 Å². The van der Waals surface area contributed by atoms with Crippen LogP contribution in [0.25, 0.3) is 0 Å². The second kappa shape index (κ2) is 4.47. The van der Waals surface area contributed by atoms with Gasteiger partial charge < -0.3 is 5.11 Å². The molecule has 1 N–H and O–H groups in total. The minimum absolute atomic E-state index is 0.0196. The van der Waals surface area contributed by atoms with Gasteiger partial charge in [0.15, 0.2) is 0 Å². The normalized spacial score (nSPS) is 13.9. The Hall–Kier alpha value is -0.650. The number of hydrogen-bond donors (Lipinski definition) is 1. The van der Waals surface area contributed by atoms with Crippen molar-refractivity contribution in [1.82, 2.24) is 0 Å². The number of sulfone groups is 1. The molecule has 0 saturated heterocycles. The van der Waals surface area contributed by atoms with Crippen molar-refractivity contribution >= 4 is 21.4 Å². The van der Waals surface area contributed by atoms with Crippen LogP contribution in [0.1, 0.15) is 11.7 Å². The van der Waals surface area contributed by atoms with Crippen LogP contribution in [0.5, 0.6) is 0 Å². The van der Waals surface area contributed by atoms with Gasteiger partial charge in [-0.3, -0.25) is 0 Å². The van der Waals surface area contributed by atoms with Crippen LogP contribution >= 0.6 is 11.6 Å². The Labute approximate surface area is 92.4 Å². The minimum atomic E-state index is -3.38. The smallest absolute Gasteiger partial charge is 0.150 e. The quantitative estimate of drug-likeness (QED) is 0.888. The maximum absolute atomic E-state index is 13.2. The lowest BCUT2D eigenvalue weighted by molar-refractivity contribution is 0.197. The third-order valence-corrected chi connectivity index (χ3v) is 3.04. The van der Waals surface area contributed by atoms with Crippen molar-refractivity contribution in [3.63, 3.8) is 0 Å². The first-order valence-corrected chi connectivity index (χ1v) is 6.55. The van der Waals surface area contributed by atoms with Crippen molar-refractivity contribution in [2.24, 2.45) is 0 Å². The van der Waals surface area contributed by atoms with E-state index in [1.807, 2.05) is 0 Å². The molecule has 1 atom stereocenters. The molecular weight excluding hydrogens is 243 g/mol. The van der Waals surface area contributed by atoms with Crippen molar-refractivity contribution < 1.29 is 17.9 Å². The molecule has 0 aromatic heterocycles. The summed E-state index contributed by atoms with van der Waals surface area (Å²) in [6.45, 7) is 0. The number of halogens is 2. The maximum atomic E-state index is 13.2. The van der Waals surface area contributed by atoms with Crippen LogP contribution in [-0.2, 0) is 9.84 Å². The fourth-order valence-corrected chi connectivity index (χ4v) is 2.23. The van der Waals surface area contributed by atoms with Crippen molar-refractivity contribution in [2.45, 2.75) is 6.10 Å². The highest BCUT2D eigenvalue weighted by Gasteiger charge is 2.20. The molecule has 0 amide bonds. The molecule has 1 aromatic rings. The highest BCUT2D eigenvalue weighted by atomic mass is 35.5. The average molecular weight is 253 g/mol. The summed E-state index contributed by atoms with van der Waals surface area (Å²) >= 11 is 5.66. The van der Waals surface area contributed by atoms with Crippen LogP contribution in [0.4, 0.5) is 4.39 Å². The lowest BCUT2D eigenvalue weighted by atomic mass is 10.1. The molecule has 0 aliphatic heterocycles. The molecular formula is C9H10ClFO3S. The number of aliphatic hydroxyl groups excluding tert-OH is 1. The van der Waals surface area contributed by atoms with Crippen LogP contribution in [0.15, 0.2) is 18.2 Å². The Morgan fingerprint density at radius 1 is 1.53 bits per heavy atom. The molecule has 1 unspecified atom stereocenters. The summed E-state index contributed by atoms with van der Waals surface area (Å²) in [5.74, 6) is -1.26. The van der Waals surface area contributed by atoms with Crippen molar-refractivity contribution in [3.8, 4) is 0 Å². The largest absolute Gasteiger partial charge is 0.387 e. The predicted molar refractivity (Wildman–Crippen MR) is 56.1 cm³/mol. The van der Waals surface area contributed by atoms with E-state index in [0.29, 0.717) is 0 Å². The Morgan fingerprint density at radius 2 is 2.13 bits per heavy atom. The lowest BCUT2D eigenvalue weighted by Gasteiger charge is -2.12. The van der Waals surface area contributed by atoms with E-state index in [1.54, 1.807) is 0 Å². The minimum Gasteiger partial charge on any atom is -0.387 e. The van der Waals surface area contributed by atoms with Crippen LogP contribution in [0, 0.1) is 5.82 Å². The van der Waals surface area contributed by atoms with Gasteiger partial charge in [-0.05, 0) is 12.1 Å². The molecule has 1 aromatic carbocycles. The molecule has 3 nitrogen and oxygen atoms in total. The van der Waals surface area contributed by atoms with Crippen LogP contribution in [0.3, 0.4) is 0 Å². The third-order valence-electron chi connectivity index (χ3n) is 1.79. The molecule has 0 heterocycles. The maximum Gasteiger partial charge on any atom is 0.150 e. The molecule has 0 fully saturated rings. The topological polar surface area (TPSA) is 54.4 Å². The molecule has 1 rings (SSSR count). The van der Waals surface area contributed by atoms with Crippen molar-refractivity contribution in [2.75, 3.05) is 12.0 Å². The average Bonchev–Trinajstić information content (AvgIpc) is 1.99.